The number of aromatic nitrogens is 9. The number of rotatable bonds is 43. The predicted octanol–water partition coefficient (Wildman–Crippen LogP) is 13.5. The van der Waals surface area contributed by atoms with Crippen molar-refractivity contribution in [3.8, 4) is 34.5 Å². The molecule has 0 bridgehead atoms. The fourth-order valence-electron chi connectivity index (χ4n) is 13.9. The highest BCUT2D eigenvalue weighted by molar-refractivity contribution is 7.47. The maximum atomic E-state index is 11.6. The van der Waals surface area contributed by atoms with Crippen molar-refractivity contribution in [2.24, 2.45) is 15.0 Å². The van der Waals surface area contributed by atoms with E-state index in [0.29, 0.717) is 154 Å². The lowest BCUT2D eigenvalue weighted by Gasteiger charge is -2.16. The molecule has 6 heterocycles. The van der Waals surface area contributed by atoms with Crippen molar-refractivity contribution in [2.75, 3.05) is 76.5 Å². The zero-order chi connectivity index (χ0) is 85.0. The number of pyridine rings is 3. The molecule has 630 valence electrons. The lowest BCUT2D eigenvalue weighted by molar-refractivity contribution is 0.131. The van der Waals surface area contributed by atoms with Crippen molar-refractivity contribution in [1.29, 1.82) is 0 Å². The molecule has 0 amide bonds. The number of aromatic hydroxyl groups is 4. The molecule has 33 nitrogen and oxygen atoms in total. The molecule has 0 saturated heterocycles. The Balaban J connectivity index is 0.000000188. The van der Waals surface area contributed by atoms with Gasteiger partial charge < -0.3 is 74.6 Å². The number of isocyanates is 3. The van der Waals surface area contributed by atoms with Crippen molar-refractivity contribution in [3.63, 3.8) is 0 Å². The third kappa shape index (κ3) is 24.8. The molecule has 0 saturated carbocycles. The lowest BCUT2D eigenvalue weighted by Crippen LogP contribution is -2.07. The molecule has 0 radical (unpaired) electrons. The minimum Gasteiger partial charge on any atom is -0.508 e. The number of aliphatic imine (C=N–C) groups is 3. The number of nitrogens with zero attached hydrogens (tertiary/aromatic N) is 12. The van der Waals surface area contributed by atoms with Crippen LogP contribution in [0, 0.1) is 0 Å². The average molecular weight is 1670 g/mol. The number of benzene rings is 6. The molecule has 0 atom stereocenters. The maximum absolute atomic E-state index is 11.6. The Kier molecular flexibility index (Phi) is 33.1. The van der Waals surface area contributed by atoms with E-state index >= 15 is 0 Å². The molecule has 0 unspecified atom stereocenters. The molecule has 119 heavy (non-hydrogen) atoms. The van der Waals surface area contributed by atoms with Gasteiger partial charge in [-0.05, 0) is 142 Å². The number of phenolic OH excluding ortho intramolecular Hbond substituents is 4. The summed E-state index contributed by atoms with van der Waals surface area (Å²) >= 11 is 0. The third-order valence-corrected chi connectivity index (χ3v) is 20.4. The maximum Gasteiger partial charge on any atom is 0.524 e. The zero-order valence-electron chi connectivity index (χ0n) is 66.8. The smallest absolute Gasteiger partial charge is 0.508 e. The largest absolute Gasteiger partial charge is 0.524 e. The molecule has 0 aliphatic carbocycles. The number of unbranched alkanes of at least 4 members (excludes halogenated alkanes) is 3. The Morgan fingerprint density at radius 3 is 1.16 bits per heavy atom. The first-order valence-corrected chi connectivity index (χ1v) is 42.7. The summed E-state index contributed by atoms with van der Waals surface area (Å²) in [4.78, 5) is 107. The van der Waals surface area contributed by atoms with Crippen LogP contribution in [0.4, 0.5) is 17.5 Å². The van der Waals surface area contributed by atoms with E-state index in [1.807, 2.05) is 45.5 Å². The average Bonchev–Trinajstić information content (AvgIpc) is 1.62. The number of para-hydroxylation sites is 2. The van der Waals surface area contributed by atoms with Crippen molar-refractivity contribution in [3.05, 3.63) is 160 Å². The molecule has 6 aromatic carbocycles. The van der Waals surface area contributed by atoms with Gasteiger partial charge in [-0.2, -0.15) is 0 Å². The zero-order valence-corrected chi connectivity index (χ0v) is 68.5. The highest BCUT2D eigenvalue weighted by Crippen LogP contribution is 2.46. The van der Waals surface area contributed by atoms with Crippen LogP contribution in [0.25, 0.3) is 65.8 Å². The van der Waals surface area contributed by atoms with Crippen LogP contribution in [-0.2, 0) is 95.9 Å². The molecule has 12 aromatic rings. The van der Waals surface area contributed by atoms with E-state index < -0.39 is 15.6 Å². The molecule has 14 N–H and O–H groups in total. The highest BCUT2D eigenvalue weighted by Gasteiger charge is 2.27. The summed E-state index contributed by atoms with van der Waals surface area (Å²) in [7, 11) is -9.78. The summed E-state index contributed by atoms with van der Waals surface area (Å²) in [6, 6.07) is 31.8. The Labute approximate surface area is 686 Å². The monoisotopic (exact) mass is 1670 g/mol. The molecular formula is C84H101N15O18P2. The number of phosphoric ester groups is 2. The first kappa shape index (κ1) is 89.8. The summed E-state index contributed by atoms with van der Waals surface area (Å²) in [5.41, 5.74) is 30.2. The minimum atomic E-state index is -4.92. The number of nitrogen functional groups attached to an aromatic ring is 3. The fraction of sp³-hybridized carbons (Fsp3) is 0.393. The SMILES string of the molecule is CCCCc1nc2c(N)nc3cc(CCCOCCCN=C=O)ccc3c2n1Cc1cc(O)ccc1O.CCCCc1nc2c(N)nc3cc(CCCOCCCN=C=O)ccc3c2n1Cc1cccc(O)c1OP(=O)(O)O.CCCCc1nc2c(N)nc3cc(CCCOCCCN=C=O)ccc3c2n1Cc1cccc(OP(=O)(O)O)c1O. The van der Waals surface area contributed by atoms with Gasteiger partial charge in [0.05, 0.1) is 72.4 Å². The van der Waals surface area contributed by atoms with E-state index in [1.54, 1.807) is 30.3 Å². The summed E-state index contributed by atoms with van der Waals surface area (Å²) in [5, 5.41) is 44.2. The molecule has 0 spiro atoms. The van der Waals surface area contributed by atoms with Crippen molar-refractivity contribution in [1.82, 2.24) is 43.6 Å². The molecule has 12 rings (SSSR count). The van der Waals surface area contributed by atoms with Gasteiger partial charge in [-0.25, -0.2) is 68.4 Å². The van der Waals surface area contributed by atoms with E-state index in [1.165, 1.54) is 42.5 Å². The topological polar surface area (TPSA) is 501 Å². The quantitative estimate of drug-likeness (QED) is 0.00556. The lowest BCUT2D eigenvalue weighted by atomic mass is 10.1. The number of fused-ring (bicyclic) bond motifs is 9. The van der Waals surface area contributed by atoms with Gasteiger partial charge in [-0.15, -0.1) is 0 Å². The third-order valence-electron chi connectivity index (χ3n) is 19.6. The van der Waals surface area contributed by atoms with E-state index in [0.717, 1.165) is 156 Å². The van der Waals surface area contributed by atoms with Crippen molar-refractivity contribution < 1.29 is 86.8 Å². The number of carbonyl (C=O) groups excluding carboxylic acids is 3. The summed E-state index contributed by atoms with van der Waals surface area (Å²) in [5.74, 6) is 2.24. The van der Waals surface area contributed by atoms with Gasteiger partial charge in [0.1, 0.15) is 45.5 Å². The van der Waals surface area contributed by atoms with Gasteiger partial charge in [0.25, 0.3) is 0 Å². The van der Waals surface area contributed by atoms with E-state index in [2.05, 4.69) is 78.0 Å². The second kappa shape index (κ2) is 43.8. The number of imidazole rings is 3. The highest BCUT2D eigenvalue weighted by atomic mass is 31.2. The molecule has 6 aromatic heterocycles. The predicted molar refractivity (Wildman–Crippen MR) is 453 cm³/mol. The van der Waals surface area contributed by atoms with Crippen molar-refractivity contribution in [2.45, 2.75) is 156 Å². The van der Waals surface area contributed by atoms with Crippen LogP contribution in [0.5, 0.6) is 34.5 Å². The van der Waals surface area contributed by atoms with Gasteiger partial charge in [0.2, 0.25) is 18.2 Å². The summed E-state index contributed by atoms with van der Waals surface area (Å²) < 4.78 is 55.4. The van der Waals surface area contributed by atoms with Gasteiger partial charge in [0, 0.05) is 91.8 Å². The van der Waals surface area contributed by atoms with Crippen LogP contribution in [-0.4, -0.2) is 161 Å². The molecule has 0 aliphatic rings. The molecule has 35 heteroatoms. The number of hydrogen-bond acceptors (Lipinski definition) is 26. The van der Waals surface area contributed by atoms with E-state index in [4.69, 9.17) is 50.9 Å². The van der Waals surface area contributed by atoms with Crippen LogP contribution >= 0.6 is 15.6 Å². The second-order valence-electron chi connectivity index (χ2n) is 28.4. The van der Waals surface area contributed by atoms with Crippen LogP contribution in [0.1, 0.15) is 149 Å². The number of phenols is 4. The molecule has 0 fully saturated rings. The van der Waals surface area contributed by atoms with E-state index in [-0.39, 0.29) is 53.4 Å². The van der Waals surface area contributed by atoms with Crippen LogP contribution < -0.4 is 26.2 Å². The number of aryl methyl sites for hydroxylation is 6. The fourth-order valence-corrected chi connectivity index (χ4v) is 14.8. The second-order valence-corrected chi connectivity index (χ2v) is 30.8. The Morgan fingerprint density at radius 1 is 0.403 bits per heavy atom. The Morgan fingerprint density at radius 2 is 0.773 bits per heavy atom. The first-order valence-electron chi connectivity index (χ1n) is 39.6. The van der Waals surface area contributed by atoms with Gasteiger partial charge in [-0.3, -0.25) is 19.6 Å². The van der Waals surface area contributed by atoms with Crippen LogP contribution in [0.3, 0.4) is 0 Å². The van der Waals surface area contributed by atoms with Gasteiger partial charge >= 0.3 is 15.6 Å². The Hall–Kier alpha value is -11.5. The number of nitrogens with two attached hydrogens (primary N) is 3. The number of hydrogen-bond donors (Lipinski definition) is 11. The summed E-state index contributed by atoms with van der Waals surface area (Å²) in [6.07, 6.45) is 19.2. The van der Waals surface area contributed by atoms with Crippen LogP contribution in [0.15, 0.2) is 124 Å². The molecule has 0 aliphatic heterocycles. The first-order chi connectivity index (χ1) is 57.4. The number of anilines is 3. The van der Waals surface area contributed by atoms with Crippen LogP contribution in [0.2, 0.25) is 0 Å². The standard InChI is InChI=1S/2C28H34N5O7P.C28H33N5O4/c1-2-3-10-24-32-25-26(33(24)17-20-8-4-9-23(27(20)35)40-41(36,37)38)21-12-11-19(16-22(21)31-28(25)29)7-5-14-39-15-6-13-30-18-34;1-2-3-10-24-32-25-26(33(24)17-20-8-4-9-23(35)27(20)40-41(36,37)38)21-12-11-19(16-22(21)31-28(25)29)7-5-14-39-15-6-13-30-18-34;1-2-3-7-25-32-26-27(33(25)17-20-16-21(35)9-11-24(20)36)22-10-8-19(15-23(22)31-28(26)29)6-4-13-37-14-5-12-30-18-34/h2*4,8-9,11-12,16,35H,2-3,5-7,10,13-15,17H2,1H3,(H2,29,31)(H2,36,37,38);8-11,15-16,35-36H,2-7,12-14,17H2,1H3,(H2,29,31). The summed E-state index contributed by atoms with van der Waals surface area (Å²) in [6.45, 7) is 11.6. The normalized spacial score (nSPS) is 11.6. The van der Waals surface area contributed by atoms with Gasteiger partial charge in [-0.1, -0.05) is 101 Å². The van der Waals surface area contributed by atoms with Crippen molar-refractivity contribution >= 4 is 117 Å². The number of phosphoric acid groups is 2. The minimum absolute atomic E-state index is 0.0986. The Bertz CT molecular complexity index is 5750. The van der Waals surface area contributed by atoms with E-state index in [9.17, 15) is 63.5 Å². The number of ether oxygens (including phenoxy) is 3. The van der Waals surface area contributed by atoms with Gasteiger partial charge in [0.15, 0.2) is 40.5 Å². The molecular weight excluding hydrogens is 1570 g/mol.